The lowest BCUT2D eigenvalue weighted by Gasteiger charge is -2.18. The number of nitrogens with zero attached hydrogens (tertiary/aromatic N) is 1. The topological polar surface area (TPSA) is 29.5 Å². The van der Waals surface area contributed by atoms with Crippen LogP contribution in [0.2, 0.25) is 0 Å². The van der Waals surface area contributed by atoms with Crippen molar-refractivity contribution < 1.29 is 9.53 Å². The first-order valence-electron chi connectivity index (χ1n) is 8.38. The van der Waals surface area contributed by atoms with E-state index in [1.54, 1.807) is 11.3 Å². The zero-order chi connectivity index (χ0) is 17.2. The van der Waals surface area contributed by atoms with Gasteiger partial charge in [0.05, 0.1) is 0 Å². The van der Waals surface area contributed by atoms with Crippen LogP contribution in [0.5, 0.6) is 5.75 Å². The average molecular weight is 349 g/mol. The number of amides is 1. The second-order valence-electron chi connectivity index (χ2n) is 6.27. The highest BCUT2D eigenvalue weighted by atomic mass is 32.1. The largest absolute Gasteiger partial charge is 0.488 e. The number of rotatable bonds is 4. The van der Waals surface area contributed by atoms with Gasteiger partial charge in [-0.15, -0.1) is 11.3 Å². The lowest BCUT2D eigenvalue weighted by molar-refractivity contribution is 0.0988. The maximum Gasteiger partial charge on any atom is 0.258 e. The maximum atomic E-state index is 13.0. The first kappa shape index (κ1) is 15.9. The summed E-state index contributed by atoms with van der Waals surface area (Å²) in [7, 11) is 0. The number of thiophene rings is 1. The molecule has 0 saturated heterocycles. The van der Waals surface area contributed by atoms with Crippen molar-refractivity contribution >= 4 is 22.9 Å². The molecular formula is C21H19NO2S. The van der Waals surface area contributed by atoms with Gasteiger partial charge in [0.15, 0.2) is 0 Å². The van der Waals surface area contributed by atoms with Crippen molar-refractivity contribution in [1.29, 1.82) is 0 Å². The molecule has 0 radical (unpaired) electrons. The molecule has 0 unspecified atom stereocenters. The molecule has 2 heterocycles. The summed E-state index contributed by atoms with van der Waals surface area (Å²) in [6, 6.07) is 19.7. The fourth-order valence-electron chi connectivity index (χ4n) is 3.24. The van der Waals surface area contributed by atoms with Gasteiger partial charge in [-0.1, -0.05) is 37.3 Å². The minimum absolute atomic E-state index is 0.0263. The van der Waals surface area contributed by atoms with Crippen LogP contribution in [-0.4, -0.2) is 12.5 Å². The summed E-state index contributed by atoms with van der Waals surface area (Å²) in [6.07, 6.45) is 0. The number of anilines is 1. The number of hydrogen-bond acceptors (Lipinski definition) is 3. The summed E-state index contributed by atoms with van der Waals surface area (Å²) >= 11 is 1.67. The van der Waals surface area contributed by atoms with E-state index in [0.29, 0.717) is 18.1 Å². The summed E-state index contributed by atoms with van der Waals surface area (Å²) in [6.45, 7) is 3.41. The molecule has 1 amide bonds. The molecule has 0 N–H and O–H groups in total. The van der Waals surface area contributed by atoms with Crippen molar-refractivity contribution in [3.63, 3.8) is 0 Å². The lowest BCUT2D eigenvalue weighted by Crippen LogP contribution is -2.29. The molecule has 1 atom stereocenters. The zero-order valence-corrected chi connectivity index (χ0v) is 14.8. The minimum atomic E-state index is 0.0263. The number of hydrogen-bond donors (Lipinski definition) is 0. The van der Waals surface area contributed by atoms with Crippen molar-refractivity contribution in [2.24, 2.45) is 0 Å². The van der Waals surface area contributed by atoms with E-state index in [0.717, 1.165) is 18.0 Å². The van der Waals surface area contributed by atoms with E-state index in [-0.39, 0.29) is 5.91 Å². The monoisotopic (exact) mass is 349 g/mol. The number of carbonyl (C=O) groups is 1. The van der Waals surface area contributed by atoms with Gasteiger partial charge in [-0.3, -0.25) is 4.79 Å². The van der Waals surface area contributed by atoms with Crippen molar-refractivity contribution in [3.05, 3.63) is 82.0 Å². The lowest BCUT2D eigenvalue weighted by atomic mass is 10.0. The SMILES string of the molecule is C[C@H]1CN(C(=O)c2cccc(OCc3cccs3)c2)c2ccccc21. The second-order valence-corrected chi connectivity index (χ2v) is 7.30. The summed E-state index contributed by atoms with van der Waals surface area (Å²) < 4.78 is 5.83. The van der Waals surface area contributed by atoms with Crippen LogP contribution in [0.3, 0.4) is 0 Å². The molecule has 0 spiro atoms. The first-order chi connectivity index (χ1) is 12.2. The normalized spacial score (nSPS) is 15.9. The molecule has 25 heavy (non-hydrogen) atoms. The molecule has 0 saturated carbocycles. The highest BCUT2D eigenvalue weighted by molar-refractivity contribution is 7.09. The standard InChI is InChI=1S/C21H19NO2S/c1-15-13-22(20-10-3-2-9-19(15)20)21(23)16-6-4-7-17(12-16)24-14-18-8-5-11-25-18/h2-12,15H,13-14H2,1H3/t15-/m0/s1. The van der Waals surface area contributed by atoms with Crippen molar-refractivity contribution in [3.8, 4) is 5.75 Å². The van der Waals surface area contributed by atoms with Crippen LogP contribution in [0.4, 0.5) is 5.69 Å². The van der Waals surface area contributed by atoms with Gasteiger partial charge in [-0.2, -0.15) is 0 Å². The van der Waals surface area contributed by atoms with E-state index in [4.69, 9.17) is 4.74 Å². The highest BCUT2D eigenvalue weighted by Crippen LogP contribution is 2.36. The van der Waals surface area contributed by atoms with Crippen LogP contribution >= 0.6 is 11.3 Å². The van der Waals surface area contributed by atoms with Crippen LogP contribution in [-0.2, 0) is 6.61 Å². The van der Waals surface area contributed by atoms with Gasteiger partial charge in [-0.25, -0.2) is 0 Å². The van der Waals surface area contributed by atoms with E-state index in [9.17, 15) is 4.79 Å². The Kier molecular flexibility index (Phi) is 4.28. The summed E-state index contributed by atoms with van der Waals surface area (Å²) in [4.78, 5) is 16.1. The third-order valence-corrected chi connectivity index (χ3v) is 5.35. The zero-order valence-electron chi connectivity index (χ0n) is 14.0. The Labute approximate surface area is 151 Å². The molecule has 0 aliphatic carbocycles. The van der Waals surface area contributed by atoms with Gasteiger partial charge in [0.25, 0.3) is 5.91 Å². The van der Waals surface area contributed by atoms with E-state index < -0.39 is 0 Å². The van der Waals surface area contributed by atoms with Gasteiger partial charge in [0.2, 0.25) is 0 Å². The molecule has 3 nitrogen and oxygen atoms in total. The molecule has 0 bridgehead atoms. The molecule has 1 aromatic heterocycles. The Morgan fingerprint density at radius 1 is 1.16 bits per heavy atom. The Hall–Kier alpha value is -2.59. The molecule has 1 aliphatic rings. The highest BCUT2D eigenvalue weighted by Gasteiger charge is 2.30. The van der Waals surface area contributed by atoms with Crippen LogP contribution in [0.25, 0.3) is 0 Å². The third kappa shape index (κ3) is 3.17. The quantitative estimate of drug-likeness (QED) is 0.656. The van der Waals surface area contributed by atoms with Crippen LogP contribution in [0.1, 0.15) is 33.6 Å². The van der Waals surface area contributed by atoms with Gasteiger partial charge >= 0.3 is 0 Å². The van der Waals surface area contributed by atoms with Crippen molar-refractivity contribution in [2.45, 2.75) is 19.4 Å². The molecule has 2 aromatic carbocycles. The minimum Gasteiger partial charge on any atom is -0.488 e. The number of carbonyl (C=O) groups excluding carboxylic acids is 1. The second kappa shape index (κ2) is 6.73. The number of fused-ring (bicyclic) bond motifs is 1. The number of para-hydroxylation sites is 1. The molecule has 4 rings (SSSR count). The third-order valence-electron chi connectivity index (χ3n) is 4.50. The van der Waals surface area contributed by atoms with Gasteiger partial charge in [0, 0.05) is 28.6 Å². The van der Waals surface area contributed by atoms with E-state index in [1.165, 1.54) is 10.4 Å². The Bertz CT molecular complexity index is 888. The van der Waals surface area contributed by atoms with Crippen LogP contribution < -0.4 is 9.64 Å². The van der Waals surface area contributed by atoms with Crippen molar-refractivity contribution in [1.82, 2.24) is 0 Å². The summed E-state index contributed by atoms with van der Waals surface area (Å²) in [5, 5.41) is 2.03. The fourth-order valence-corrected chi connectivity index (χ4v) is 3.85. The number of benzene rings is 2. The summed E-state index contributed by atoms with van der Waals surface area (Å²) in [5.74, 6) is 1.11. The fraction of sp³-hybridized carbons (Fsp3) is 0.190. The molecule has 0 fully saturated rings. The van der Waals surface area contributed by atoms with Gasteiger partial charge < -0.3 is 9.64 Å². The molecule has 3 aromatic rings. The Morgan fingerprint density at radius 3 is 2.88 bits per heavy atom. The van der Waals surface area contributed by atoms with E-state index in [2.05, 4.69) is 13.0 Å². The number of ether oxygens (including phenoxy) is 1. The van der Waals surface area contributed by atoms with Gasteiger partial charge in [0.1, 0.15) is 12.4 Å². The van der Waals surface area contributed by atoms with E-state index in [1.807, 2.05) is 64.9 Å². The Morgan fingerprint density at radius 2 is 2.04 bits per heavy atom. The summed E-state index contributed by atoms with van der Waals surface area (Å²) in [5.41, 5.74) is 2.92. The Balaban J connectivity index is 1.54. The predicted molar refractivity (Wildman–Crippen MR) is 102 cm³/mol. The van der Waals surface area contributed by atoms with Crippen LogP contribution in [0, 0.1) is 0 Å². The van der Waals surface area contributed by atoms with Gasteiger partial charge in [-0.05, 0) is 41.3 Å². The molecule has 4 heteroatoms. The van der Waals surface area contributed by atoms with Crippen molar-refractivity contribution in [2.75, 3.05) is 11.4 Å². The first-order valence-corrected chi connectivity index (χ1v) is 9.26. The molecule has 1 aliphatic heterocycles. The van der Waals surface area contributed by atoms with E-state index >= 15 is 0 Å². The molecule has 126 valence electrons. The maximum absolute atomic E-state index is 13.0. The van der Waals surface area contributed by atoms with Crippen LogP contribution in [0.15, 0.2) is 66.0 Å². The smallest absolute Gasteiger partial charge is 0.258 e. The molecular weight excluding hydrogens is 330 g/mol. The predicted octanol–water partition coefficient (Wildman–Crippen LogP) is 5.09. The average Bonchev–Trinajstić information content (AvgIpc) is 3.28.